The molecule has 0 heterocycles. The van der Waals surface area contributed by atoms with Gasteiger partial charge >= 0.3 is 0 Å². The average molecular weight is 315 g/mol. The molecule has 0 aliphatic heterocycles. The number of ether oxygens (including phenoxy) is 1. The minimum atomic E-state index is -0.550. The fraction of sp³-hybridized carbons (Fsp3) is 0.188. The van der Waals surface area contributed by atoms with Crippen molar-refractivity contribution < 1.29 is 14.1 Å². The molecule has 0 aromatic heterocycles. The van der Waals surface area contributed by atoms with Crippen molar-refractivity contribution in [2.24, 2.45) is 0 Å². The van der Waals surface area contributed by atoms with Crippen molar-refractivity contribution in [2.45, 2.75) is 13.0 Å². The molecule has 0 aliphatic carbocycles. The van der Waals surface area contributed by atoms with Gasteiger partial charge in [-0.1, -0.05) is 0 Å². The van der Waals surface area contributed by atoms with E-state index in [1.54, 1.807) is 0 Å². The fourth-order valence-corrected chi connectivity index (χ4v) is 1.92. The van der Waals surface area contributed by atoms with E-state index >= 15 is 0 Å². The largest absolute Gasteiger partial charge is 0.491 e. The molecule has 118 valence electrons. The summed E-state index contributed by atoms with van der Waals surface area (Å²) in [5, 5.41) is 22.9. The fourth-order valence-electron chi connectivity index (χ4n) is 1.92. The van der Waals surface area contributed by atoms with Crippen molar-refractivity contribution in [1.29, 1.82) is 5.26 Å². The molecule has 2 rings (SSSR count). The van der Waals surface area contributed by atoms with Gasteiger partial charge in [0.05, 0.1) is 22.2 Å². The number of nitrogens with one attached hydrogen (secondary N) is 1. The molecular weight excluding hydrogens is 301 g/mol. The van der Waals surface area contributed by atoms with E-state index in [-0.39, 0.29) is 29.7 Å². The summed E-state index contributed by atoms with van der Waals surface area (Å²) in [6, 6.07) is 11.5. The van der Waals surface area contributed by atoms with Gasteiger partial charge in [-0.05, 0) is 37.3 Å². The number of nitro benzene ring substituents is 1. The summed E-state index contributed by atoms with van der Waals surface area (Å²) in [6.45, 7) is 2.12. The maximum Gasteiger partial charge on any atom is 0.270 e. The lowest BCUT2D eigenvalue weighted by atomic mass is 10.1. The van der Waals surface area contributed by atoms with Gasteiger partial charge in [0.2, 0.25) is 0 Å². The topological polar surface area (TPSA) is 88.2 Å². The molecule has 0 amide bonds. The van der Waals surface area contributed by atoms with Crippen LogP contribution in [0.2, 0.25) is 0 Å². The number of hydrogen-bond acceptors (Lipinski definition) is 5. The number of rotatable bonds is 6. The van der Waals surface area contributed by atoms with Gasteiger partial charge in [-0.3, -0.25) is 10.1 Å². The van der Waals surface area contributed by atoms with Gasteiger partial charge in [-0.2, -0.15) is 5.26 Å². The van der Waals surface area contributed by atoms with Gasteiger partial charge in [0.25, 0.3) is 5.69 Å². The Labute approximate surface area is 132 Å². The van der Waals surface area contributed by atoms with Crippen molar-refractivity contribution in [3.63, 3.8) is 0 Å². The van der Waals surface area contributed by atoms with Crippen molar-refractivity contribution in [3.8, 4) is 11.8 Å². The van der Waals surface area contributed by atoms with Crippen molar-refractivity contribution in [2.75, 3.05) is 11.9 Å². The second kappa shape index (κ2) is 7.22. The Morgan fingerprint density at radius 3 is 2.65 bits per heavy atom. The summed E-state index contributed by atoms with van der Waals surface area (Å²) in [6.07, 6.45) is 0. The Morgan fingerprint density at radius 1 is 1.35 bits per heavy atom. The molecule has 0 bridgehead atoms. The molecule has 23 heavy (non-hydrogen) atoms. The van der Waals surface area contributed by atoms with E-state index in [0.717, 1.165) is 0 Å². The summed E-state index contributed by atoms with van der Waals surface area (Å²) in [4.78, 5) is 10.2. The zero-order chi connectivity index (χ0) is 16.8. The zero-order valence-electron chi connectivity index (χ0n) is 12.3. The summed E-state index contributed by atoms with van der Waals surface area (Å²) in [5.41, 5.74) is 0.545. The van der Waals surface area contributed by atoms with Crippen molar-refractivity contribution in [3.05, 3.63) is 64.0 Å². The first kappa shape index (κ1) is 16.2. The molecule has 0 radical (unpaired) electrons. The van der Waals surface area contributed by atoms with Gasteiger partial charge in [-0.25, -0.2) is 4.39 Å². The summed E-state index contributed by atoms with van der Waals surface area (Å²) >= 11 is 0. The van der Waals surface area contributed by atoms with Crippen molar-refractivity contribution in [1.82, 2.24) is 0 Å². The Morgan fingerprint density at radius 2 is 2.04 bits per heavy atom. The van der Waals surface area contributed by atoms with Crippen LogP contribution in [0.25, 0.3) is 0 Å². The van der Waals surface area contributed by atoms with Crippen LogP contribution in [0.1, 0.15) is 12.5 Å². The predicted molar refractivity (Wildman–Crippen MR) is 82.8 cm³/mol. The van der Waals surface area contributed by atoms with Crippen molar-refractivity contribution >= 4 is 11.4 Å². The van der Waals surface area contributed by atoms with Crippen LogP contribution >= 0.6 is 0 Å². The Bertz CT molecular complexity index is 741. The second-order valence-corrected chi connectivity index (χ2v) is 4.91. The number of nitro groups is 1. The predicted octanol–water partition coefficient (Wildman–Crippen LogP) is 3.48. The van der Waals surface area contributed by atoms with Gasteiger partial charge in [0, 0.05) is 12.1 Å². The number of nitrogens with zero attached hydrogens (tertiary/aromatic N) is 2. The molecule has 0 spiro atoms. The third-order valence-electron chi connectivity index (χ3n) is 3.05. The molecule has 0 saturated carbocycles. The van der Waals surface area contributed by atoms with Gasteiger partial charge in [-0.15, -0.1) is 0 Å². The Balaban J connectivity index is 1.99. The van der Waals surface area contributed by atoms with Gasteiger partial charge in [0.15, 0.2) is 0 Å². The van der Waals surface area contributed by atoms with Crippen LogP contribution in [-0.4, -0.2) is 17.6 Å². The molecule has 2 aromatic rings. The first-order valence-corrected chi connectivity index (χ1v) is 6.83. The monoisotopic (exact) mass is 315 g/mol. The van der Waals surface area contributed by atoms with E-state index in [1.165, 1.54) is 42.5 Å². The van der Waals surface area contributed by atoms with E-state index < -0.39 is 4.92 Å². The number of nitriles is 1. The Kier molecular flexibility index (Phi) is 5.10. The lowest BCUT2D eigenvalue weighted by molar-refractivity contribution is -0.384. The van der Waals surface area contributed by atoms with Gasteiger partial charge < -0.3 is 10.1 Å². The molecule has 1 unspecified atom stereocenters. The lowest BCUT2D eigenvalue weighted by Crippen LogP contribution is -2.24. The number of hydrogen-bond donors (Lipinski definition) is 1. The second-order valence-electron chi connectivity index (χ2n) is 4.91. The number of halogens is 1. The van der Waals surface area contributed by atoms with Crippen LogP contribution in [0.4, 0.5) is 15.8 Å². The van der Waals surface area contributed by atoms with Crippen LogP contribution in [0.3, 0.4) is 0 Å². The SMILES string of the molecule is CC(COc1ccc(F)cc1)Nc1ccc([N+](=O)[O-])cc1C#N. The van der Waals surface area contributed by atoms with E-state index in [9.17, 15) is 14.5 Å². The zero-order valence-corrected chi connectivity index (χ0v) is 12.3. The van der Waals surface area contributed by atoms with Crippen LogP contribution in [-0.2, 0) is 0 Å². The van der Waals surface area contributed by atoms with Crippen LogP contribution in [0, 0.1) is 27.3 Å². The standard InChI is InChI=1S/C16H14FN3O3/c1-11(10-23-15-5-2-13(17)3-6-15)19-16-7-4-14(20(21)22)8-12(16)9-18/h2-8,11,19H,10H2,1H3. The Hall–Kier alpha value is -3.14. The molecule has 0 saturated heterocycles. The summed E-state index contributed by atoms with van der Waals surface area (Å²) < 4.78 is 18.3. The molecule has 1 N–H and O–H groups in total. The molecule has 0 aliphatic rings. The van der Waals surface area contributed by atoms with E-state index in [2.05, 4.69) is 5.32 Å². The summed E-state index contributed by atoms with van der Waals surface area (Å²) in [5.74, 6) is 0.192. The molecule has 2 aromatic carbocycles. The number of anilines is 1. The lowest BCUT2D eigenvalue weighted by Gasteiger charge is -2.17. The highest BCUT2D eigenvalue weighted by Crippen LogP contribution is 2.22. The quantitative estimate of drug-likeness (QED) is 0.651. The summed E-state index contributed by atoms with van der Waals surface area (Å²) in [7, 11) is 0. The van der Waals surface area contributed by atoms with Crippen LogP contribution < -0.4 is 10.1 Å². The maximum atomic E-state index is 12.8. The average Bonchev–Trinajstić information content (AvgIpc) is 2.54. The normalized spacial score (nSPS) is 11.3. The van der Waals surface area contributed by atoms with E-state index in [1.807, 2.05) is 13.0 Å². The molecule has 7 heteroatoms. The molecule has 1 atom stereocenters. The van der Waals surface area contributed by atoms with Gasteiger partial charge in [0.1, 0.15) is 24.2 Å². The smallest absolute Gasteiger partial charge is 0.270 e. The molecular formula is C16H14FN3O3. The highest BCUT2D eigenvalue weighted by molar-refractivity contribution is 5.61. The minimum absolute atomic E-state index is 0.137. The number of non-ortho nitro benzene ring substituents is 1. The van der Waals surface area contributed by atoms with E-state index in [0.29, 0.717) is 11.4 Å². The minimum Gasteiger partial charge on any atom is -0.491 e. The van der Waals surface area contributed by atoms with Crippen LogP contribution in [0.15, 0.2) is 42.5 Å². The van der Waals surface area contributed by atoms with Crippen LogP contribution in [0.5, 0.6) is 5.75 Å². The number of benzene rings is 2. The molecule has 0 fully saturated rings. The molecule has 6 nitrogen and oxygen atoms in total. The maximum absolute atomic E-state index is 12.8. The van der Waals surface area contributed by atoms with E-state index in [4.69, 9.17) is 10.00 Å². The highest BCUT2D eigenvalue weighted by atomic mass is 19.1. The first-order chi connectivity index (χ1) is 11.0. The third kappa shape index (κ3) is 4.41. The first-order valence-electron chi connectivity index (χ1n) is 6.83. The third-order valence-corrected chi connectivity index (χ3v) is 3.05. The highest BCUT2D eigenvalue weighted by Gasteiger charge is 2.12.